The van der Waals surface area contributed by atoms with E-state index in [0.717, 1.165) is 0 Å². The average Bonchev–Trinajstić information content (AvgIpc) is 2.24. The van der Waals surface area contributed by atoms with Gasteiger partial charge in [-0.3, -0.25) is 0 Å². The lowest BCUT2D eigenvalue weighted by Gasteiger charge is -1.78. The molecule has 0 aliphatic rings. The summed E-state index contributed by atoms with van der Waals surface area (Å²) in [6, 6.07) is 0. The summed E-state index contributed by atoms with van der Waals surface area (Å²) in [6.07, 6.45) is 5.10. The Hall–Kier alpha value is -0.520. The predicted octanol–water partition coefficient (Wildman–Crippen LogP) is 5.61. The molecule has 0 aliphatic heterocycles. The standard InChI is InChI=1S/C6H10.C3H8.2C2H6/c1-4-6(3)5-2;1-3-2;2*1-2/h4-5H,1H2,2-3H3;3H2,1-2H3;2*1-2H3/b6-5-;;;. The second-order valence-corrected chi connectivity index (χ2v) is 1.94. The SMILES string of the molecule is C=C/C(C)=C\C.CC.CC.CCC. The summed E-state index contributed by atoms with van der Waals surface area (Å²) in [5.41, 5.74) is 1.23. The second-order valence-electron chi connectivity index (χ2n) is 1.94. The van der Waals surface area contributed by atoms with Crippen LogP contribution in [0.15, 0.2) is 24.3 Å². The molecule has 0 saturated heterocycles. The van der Waals surface area contributed by atoms with Crippen LogP contribution in [0.2, 0.25) is 0 Å². The molecule has 0 heterocycles. The summed E-state index contributed by atoms with van der Waals surface area (Å²) in [7, 11) is 0. The van der Waals surface area contributed by atoms with E-state index in [-0.39, 0.29) is 0 Å². The van der Waals surface area contributed by atoms with Gasteiger partial charge in [0.2, 0.25) is 0 Å². The van der Waals surface area contributed by atoms with E-state index in [9.17, 15) is 0 Å². The first-order chi connectivity index (χ1) is 6.22. The van der Waals surface area contributed by atoms with Crippen LogP contribution < -0.4 is 0 Å². The molecule has 0 spiro atoms. The van der Waals surface area contributed by atoms with E-state index in [0.29, 0.717) is 0 Å². The molecule has 0 radical (unpaired) electrons. The van der Waals surface area contributed by atoms with Crippen LogP contribution >= 0.6 is 0 Å². The van der Waals surface area contributed by atoms with Crippen molar-refractivity contribution in [3.63, 3.8) is 0 Å². The van der Waals surface area contributed by atoms with Gasteiger partial charge in [-0.1, -0.05) is 72.3 Å². The van der Waals surface area contributed by atoms with Crippen LogP contribution in [0.25, 0.3) is 0 Å². The molecule has 0 heteroatoms. The minimum Gasteiger partial charge on any atom is -0.0988 e. The van der Waals surface area contributed by atoms with Gasteiger partial charge < -0.3 is 0 Å². The summed E-state index contributed by atoms with van der Waals surface area (Å²) in [5, 5.41) is 0. The van der Waals surface area contributed by atoms with E-state index in [1.807, 2.05) is 53.7 Å². The molecule has 0 fully saturated rings. The monoisotopic (exact) mass is 186 g/mol. The Morgan fingerprint density at radius 3 is 1.31 bits per heavy atom. The zero-order valence-corrected chi connectivity index (χ0v) is 11.1. The first kappa shape index (κ1) is 22.9. The van der Waals surface area contributed by atoms with Crippen molar-refractivity contribution in [3.8, 4) is 0 Å². The molecule has 0 aromatic heterocycles. The molecule has 0 aromatic rings. The lowest BCUT2D eigenvalue weighted by atomic mass is 10.3. The first-order valence-corrected chi connectivity index (χ1v) is 5.48. The number of hydrogen-bond acceptors (Lipinski definition) is 0. The summed E-state index contributed by atoms with van der Waals surface area (Å²) < 4.78 is 0. The van der Waals surface area contributed by atoms with Gasteiger partial charge in [0.05, 0.1) is 0 Å². The highest BCUT2D eigenvalue weighted by atomic mass is 13.7. The topological polar surface area (TPSA) is 0 Å². The van der Waals surface area contributed by atoms with Crippen molar-refractivity contribution in [2.24, 2.45) is 0 Å². The van der Waals surface area contributed by atoms with Crippen molar-refractivity contribution in [2.45, 2.75) is 61.8 Å². The molecule has 0 N–H and O–H groups in total. The largest absolute Gasteiger partial charge is 0.0988 e. The van der Waals surface area contributed by atoms with Crippen LogP contribution in [0.5, 0.6) is 0 Å². The van der Waals surface area contributed by atoms with Crippen LogP contribution in [-0.4, -0.2) is 0 Å². The van der Waals surface area contributed by atoms with Crippen LogP contribution in [0, 0.1) is 0 Å². The molecule has 82 valence electrons. The Kier molecular flexibility index (Phi) is 73.9. The van der Waals surface area contributed by atoms with Crippen molar-refractivity contribution in [1.82, 2.24) is 0 Å². The third-order valence-electron chi connectivity index (χ3n) is 0.777. The molecule has 0 unspecified atom stereocenters. The zero-order chi connectivity index (χ0) is 11.7. The average molecular weight is 186 g/mol. The van der Waals surface area contributed by atoms with Crippen molar-refractivity contribution >= 4 is 0 Å². The van der Waals surface area contributed by atoms with E-state index in [4.69, 9.17) is 0 Å². The number of rotatable bonds is 1. The van der Waals surface area contributed by atoms with Crippen LogP contribution in [-0.2, 0) is 0 Å². The Balaban J connectivity index is -0.0000000493. The van der Waals surface area contributed by atoms with E-state index in [2.05, 4.69) is 20.4 Å². The summed E-state index contributed by atoms with van der Waals surface area (Å²) in [4.78, 5) is 0. The maximum absolute atomic E-state index is 3.56. The van der Waals surface area contributed by atoms with E-state index in [1.54, 1.807) is 0 Å². The molecule has 0 amide bonds. The van der Waals surface area contributed by atoms with Gasteiger partial charge in [0, 0.05) is 0 Å². The minimum absolute atomic E-state index is 1.23. The molecule has 0 saturated carbocycles. The number of hydrogen-bond donors (Lipinski definition) is 0. The highest BCUT2D eigenvalue weighted by Crippen LogP contribution is 1.88. The van der Waals surface area contributed by atoms with Crippen molar-refractivity contribution < 1.29 is 0 Å². The van der Waals surface area contributed by atoms with Crippen molar-refractivity contribution in [1.29, 1.82) is 0 Å². The summed E-state index contributed by atoms with van der Waals surface area (Å²) in [5.74, 6) is 0. The Labute approximate surface area is 86.8 Å². The zero-order valence-electron chi connectivity index (χ0n) is 11.1. The molecule has 0 rings (SSSR count). The summed E-state index contributed by atoms with van der Waals surface area (Å²) in [6.45, 7) is 19.8. The van der Waals surface area contributed by atoms with Crippen molar-refractivity contribution in [2.75, 3.05) is 0 Å². The van der Waals surface area contributed by atoms with Gasteiger partial charge in [-0.15, -0.1) is 0 Å². The van der Waals surface area contributed by atoms with E-state index >= 15 is 0 Å². The maximum Gasteiger partial charge on any atom is -0.0401 e. The molecule has 0 atom stereocenters. The molecular weight excluding hydrogens is 156 g/mol. The lowest BCUT2D eigenvalue weighted by molar-refractivity contribution is 1.09. The van der Waals surface area contributed by atoms with Gasteiger partial charge in [-0.25, -0.2) is 0 Å². The third kappa shape index (κ3) is 85.2. The van der Waals surface area contributed by atoms with Gasteiger partial charge in [-0.2, -0.15) is 0 Å². The van der Waals surface area contributed by atoms with Crippen LogP contribution in [0.1, 0.15) is 61.8 Å². The smallest absolute Gasteiger partial charge is 0.0401 e. The Morgan fingerprint density at radius 2 is 1.31 bits per heavy atom. The minimum atomic E-state index is 1.23. The second kappa shape index (κ2) is 42.0. The van der Waals surface area contributed by atoms with Gasteiger partial charge in [0.1, 0.15) is 0 Å². The Morgan fingerprint density at radius 1 is 1.08 bits per heavy atom. The highest BCUT2D eigenvalue weighted by molar-refractivity contribution is 5.10. The fourth-order valence-electron chi connectivity index (χ4n) is 0.118. The van der Waals surface area contributed by atoms with E-state index in [1.165, 1.54) is 12.0 Å². The molecule has 0 bridgehead atoms. The Bertz CT molecular complexity index is 78.0. The molecule has 0 nitrogen and oxygen atoms in total. The van der Waals surface area contributed by atoms with Gasteiger partial charge >= 0.3 is 0 Å². The summed E-state index contributed by atoms with van der Waals surface area (Å²) >= 11 is 0. The van der Waals surface area contributed by atoms with Gasteiger partial charge in [-0.05, 0) is 13.8 Å². The molecular formula is C13H30. The quantitative estimate of drug-likeness (QED) is 0.467. The molecule has 0 aromatic carbocycles. The number of allylic oxidation sites excluding steroid dienone is 3. The van der Waals surface area contributed by atoms with Crippen LogP contribution in [0.3, 0.4) is 0 Å². The molecule has 13 heavy (non-hydrogen) atoms. The molecule has 0 aliphatic carbocycles. The van der Waals surface area contributed by atoms with Crippen molar-refractivity contribution in [3.05, 3.63) is 24.3 Å². The predicted molar refractivity (Wildman–Crippen MR) is 68.3 cm³/mol. The third-order valence-corrected chi connectivity index (χ3v) is 0.777. The lowest BCUT2D eigenvalue weighted by Crippen LogP contribution is -1.57. The van der Waals surface area contributed by atoms with Crippen LogP contribution in [0.4, 0.5) is 0 Å². The fraction of sp³-hybridized carbons (Fsp3) is 0.692. The first-order valence-electron chi connectivity index (χ1n) is 5.48. The highest BCUT2D eigenvalue weighted by Gasteiger charge is 1.66. The van der Waals surface area contributed by atoms with Gasteiger partial charge in [0.15, 0.2) is 0 Å². The van der Waals surface area contributed by atoms with E-state index < -0.39 is 0 Å². The normalized spacial score (nSPS) is 7.54. The van der Waals surface area contributed by atoms with Gasteiger partial charge in [0.25, 0.3) is 0 Å². The fourth-order valence-corrected chi connectivity index (χ4v) is 0.118. The maximum atomic E-state index is 3.56.